The molecule has 3 rings (SSSR count). The van der Waals surface area contributed by atoms with Crippen LogP contribution >= 0.6 is 0 Å². The van der Waals surface area contributed by atoms with Crippen LogP contribution in [0.15, 0.2) is 35.4 Å². The lowest BCUT2D eigenvalue weighted by atomic mass is 9.96. The maximum Gasteiger partial charge on any atom is 0.178 e. The molecule has 2 aromatic rings. The number of nitrogens with zero attached hydrogens (tertiary/aromatic N) is 2. The number of rotatable bonds is 3. The van der Waals surface area contributed by atoms with Crippen molar-refractivity contribution in [2.24, 2.45) is 0 Å². The molecule has 1 unspecified atom stereocenters. The molecule has 0 spiro atoms. The minimum atomic E-state index is -3.44. The van der Waals surface area contributed by atoms with Gasteiger partial charge in [-0.15, -0.1) is 0 Å². The van der Waals surface area contributed by atoms with Crippen molar-refractivity contribution in [3.05, 3.63) is 42.0 Å². The van der Waals surface area contributed by atoms with Crippen LogP contribution in [0.25, 0.3) is 11.4 Å². The van der Waals surface area contributed by atoms with Crippen LogP contribution in [-0.2, 0) is 9.84 Å². The molecule has 0 amide bonds. The van der Waals surface area contributed by atoms with Crippen LogP contribution in [0, 0.1) is 5.82 Å². The third-order valence-corrected chi connectivity index (χ3v) is 5.09. The van der Waals surface area contributed by atoms with Gasteiger partial charge in [0.25, 0.3) is 0 Å². The Morgan fingerprint density at radius 2 is 2.09 bits per heavy atom. The average Bonchev–Trinajstić information content (AvgIpc) is 2.55. The molecule has 1 aromatic heterocycles. The molecule has 1 aliphatic rings. The van der Waals surface area contributed by atoms with Crippen LogP contribution in [0.1, 0.15) is 24.5 Å². The minimum Gasteiger partial charge on any atom is -0.316 e. The van der Waals surface area contributed by atoms with Gasteiger partial charge in [0, 0.05) is 24.9 Å². The zero-order valence-electron chi connectivity index (χ0n) is 12.8. The van der Waals surface area contributed by atoms with Gasteiger partial charge in [0.1, 0.15) is 10.7 Å². The summed E-state index contributed by atoms with van der Waals surface area (Å²) in [6, 6.07) is 6.22. The van der Waals surface area contributed by atoms with Gasteiger partial charge >= 0.3 is 0 Å². The van der Waals surface area contributed by atoms with Gasteiger partial charge in [-0.1, -0.05) is 12.1 Å². The molecule has 2 heterocycles. The fourth-order valence-electron chi connectivity index (χ4n) is 2.82. The SMILES string of the molecule is CS(=O)(=O)c1cnc(-c2ccccc2F)nc1C1CCCNC1. The predicted molar refractivity (Wildman–Crippen MR) is 85.4 cm³/mol. The number of hydrogen-bond donors (Lipinski definition) is 1. The van der Waals surface area contributed by atoms with Crippen LogP contribution in [-0.4, -0.2) is 37.7 Å². The van der Waals surface area contributed by atoms with Crippen molar-refractivity contribution >= 4 is 9.84 Å². The minimum absolute atomic E-state index is 0.0120. The van der Waals surface area contributed by atoms with E-state index in [2.05, 4.69) is 15.3 Å². The van der Waals surface area contributed by atoms with Crippen molar-refractivity contribution in [1.82, 2.24) is 15.3 Å². The molecule has 7 heteroatoms. The molecule has 0 saturated carbocycles. The first kappa shape index (κ1) is 16.0. The highest BCUT2D eigenvalue weighted by molar-refractivity contribution is 7.90. The van der Waals surface area contributed by atoms with Gasteiger partial charge in [-0.3, -0.25) is 0 Å². The molecule has 122 valence electrons. The van der Waals surface area contributed by atoms with Crippen molar-refractivity contribution in [3.8, 4) is 11.4 Å². The maximum absolute atomic E-state index is 14.0. The topological polar surface area (TPSA) is 72.0 Å². The summed E-state index contributed by atoms with van der Waals surface area (Å²) in [7, 11) is -3.44. The van der Waals surface area contributed by atoms with Crippen LogP contribution in [0.4, 0.5) is 4.39 Å². The van der Waals surface area contributed by atoms with Crippen molar-refractivity contribution in [3.63, 3.8) is 0 Å². The molecular weight excluding hydrogens is 317 g/mol. The molecule has 1 atom stereocenters. The van der Waals surface area contributed by atoms with Gasteiger partial charge in [0.2, 0.25) is 0 Å². The van der Waals surface area contributed by atoms with E-state index in [0.717, 1.165) is 25.6 Å². The fraction of sp³-hybridized carbons (Fsp3) is 0.375. The number of aromatic nitrogens is 2. The van der Waals surface area contributed by atoms with Crippen molar-refractivity contribution < 1.29 is 12.8 Å². The first-order valence-corrected chi connectivity index (χ1v) is 9.38. The normalized spacial score (nSPS) is 18.8. The molecule has 1 N–H and O–H groups in total. The Morgan fingerprint density at radius 3 is 2.74 bits per heavy atom. The van der Waals surface area contributed by atoms with E-state index >= 15 is 0 Å². The Kier molecular flexibility index (Phi) is 4.41. The summed E-state index contributed by atoms with van der Waals surface area (Å²) in [4.78, 5) is 8.64. The molecule has 1 saturated heterocycles. The number of piperidine rings is 1. The highest BCUT2D eigenvalue weighted by Crippen LogP contribution is 2.29. The number of halogens is 1. The molecular formula is C16H18FN3O2S. The van der Waals surface area contributed by atoms with Gasteiger partial charge in [-0.05, 0) is 31.5 Å². The van der Waals surface area contributed by atoms with E-state index in [1.807, 2.05) is 0 Å². The number of sulfone groups is 1. The summed E-state index contributed by atoms with van der Waals surface area (Å²) in [5.41, 5.74) is 0.755. The first-order chi connectivity index (χ1) is 11.0. The summed E-state index contributed by atoms with van der Waals surface area (Å²) in [6.45, 7) is 1.58. The number of benzene rings is 1. The maximum atomic E-state index is 14.0. The Hall–Kier alpha value is -1.86. The zero-order chi connectivity index (χ0) is 16.4. The lowest BCUT2D eigenvalue weighted by Crippen LogP contribution is -2.30. The van der Waals surface area contributed by atoms with E-state index in [0.29, 0.717) is 12.2 Å². The van der Waals surface area contributed by atoms with E-state index in [9.17, 15) is 12.8 Å². The molecule has 1 fully saturated rings. The molecule has 1 aromatic carbocycles. The zero-order valence-corrected chi connectivity index (χ0v) is 13.6. The highest BCUT2D eigenvalue weighted by Gasteiger charge is 2.25. The van der Waals surface area contributed by atoms with Gasteiger partial charge < -0.3 is 5.32 Å². The second-order valence-electron chi connectivity index (χ2n) is 5.74. The third-order valence-electron chi connectivity index (χ3n) is 3.98. The molecule has 23 heavy (non-hydrogen) atoms. The lowest BCUT2D eigenvalue weighted by molar-refractivity contribution is 0.448. The van der Waals surface area contributed by atoms with Gasteiger partial charge in [0.05, 0.1) is 11.3 Å². The Labute approximate surface area is 134 Å². The Balaban J connectivity index is 2.13. The van der Waals surface area contributed by atoms with Gasteiger partial charge in [-0.25, -0.2) is 22.8 Å². The van der Waals surface area contributed by atoms with Crippen LogP contribution in [0.2, 0.25) is 0 Å². The monoisotopic (exact) mass is 335 g/mol. The smallest absolute Gasteiger partial charge is 0.178 e. The molecule has 0 bridgehead atoms. The average molecular weight is 335 g/mol. The summed E-state index contributed by atoms with van der Waals surface area (Å²) in [5, 5.41) is 3.25. The Bertz CT molecular complexity index is 818. The number of nitrogens with one attached hydrogen (secondary N) is 1. The molecule has 0 aliphatic carbocycles. The van der Waals surface area contributed by atoms with E-state index in [4.69, 9.17) is 0 Å². The lowest BCUT2D eigenvalue weighted by Gasteiger charge is -2.24. The van der Waals surface area contributed by atoms with E-state index in [-0.39, 0.29) is 22.2 Å². The van der Waals surface area contributed by atoms with Crippen molar-refractivity contribution in [2.75, 3.05) is 19.3 Å². The molecule has 0 radical (unpaired) electrons. The second-order valence-corrected chi connectivity index (χ2v) is 7.72. The highest BCUT2D eigenvalue weighted by atomic mass is 32.2. The summed E-state index contributed by atoms with van der Waals surface area (Å²) in [6.07, 6.45) is 4.25. The van der Waals surface area contributed by atoms with E-state index in [1.54, 1.807) is 18.2 Å². The molecule has 1 aliphatic heterocycles. The standard InChI is InChI=1S/C16H18FN3O2S/c1-23(21,22)14-10-19-16(12-6-2-3-7-13(12)17)20-15(14)11-5-4-8-18-9-11/h2-3,6-7,10-11,18H,4-5,8-9H2,1H3. The van der Waals surface area contributed by atoms with Crippen molar-refractivity contribution in [2.45, 2.75) is 23.7 Å². The number of hydrogen-bond acceptors (Lipinski definition) is 5. The van der Waals surface area contributed by atoms with Crippen LogP contribution in [0.5, 0.6) is 0 Å². The largest absolute Gasteiger partial charge is 0.316 e. The quantitative estimate of drug-likeness (QED) is 0.930. The summed E-state index contributed by atoms with van der Waals surface area (Å²) < 4.78 is 38.0. The van der Waals surface area contributed by atoms with Gasteiger partial charge in [0.15, 0.2) is 15.7 Å². The van der Waals surface area contributed by atoms with E-state index in [1.165, 1.54) is 12.3 Å². The summed E-state index contributed by atoms with van der Waals surface area (Å²) in [5.74, 6) is -0.217. The third kappa shape index (κ3) is 3.40. The van der Waals surface area contributed by atoms with E-state index < -0.39 is 15.7 Å². The Morgan fingerprint density at radius 1 is 1.30 bits per heavy atom. The summed E-state index contributed by atoms with van der Waals surface area (Å²) >= 11 is 0. The fourth-order valence-corrected chi connectivity index (χ4v) is 3.66. The van der Waals surface area contributed by atoms with Gasteiger partial charge in [-0.2, -0.15) is 0 Å². The second kappa shape index (κ2) is 6.33. The first-order valence-electron chi connectivity index (χ1n) is 7.49. The van der Waals surface area contributed by atoms with Crippen LogP contribution < -0.4 is 5.32 Å². The predicted octanol–water partition coefficient (Wildman–Crippen LogP) is 2.15. The van der Waals surface area contributed by atoms with Crippen LogP contribution in [0.3, 0.4) is 0 Å². The molecule has 5 nitrogen and oxygen atoms in total. The van der Waals surface area contributed by atoms with Crippen molar-refractivity contribution in [1.29, 1.82) is 0 Å².